The number of carbonyl (C=O) groups is 1. The van der Waals surface area contributed by atoms with E-state index in [1.165, 1.54) is 16.9 Å². The Morgan fingerprint density at radius 3 is 2.58 bits per heavy atom. The summed E-state index contributed by atoms with van der Waals surface area (Å²) in [6.07, 6.45) is -1.47. The van der Waals surface area contributed by atoms with Gasteiger partial charge in [-0.1, -0.05) is 26.8 Å². The third-order valence-corrected chi connectivity index (χ3v) is 4.45. The van der Waals surface area contributed by atoms with E-state index in [2.05, 4.69) is 15.4 Å². The van der Waals surface area contributed by atoms with Gasteiger partial charge in [0.15, 0.2) is 5.82 Å². The van der Waals surface area contributed by atoms with Crippen molar-refractivity contribution in [3.05, 3.63) is 65.6 Å². The van der Waals surface area contributed by atoms with Crippen molar-refractivity contribution in [2.24, 2.45) is 0 Å². The number of nitrogens with one attached hydrogen (secondary N) is 1. The zero-order valence-electron chi connectivity index (χ0n) is 17.4. The Hall–Kier alpha value is -3.36. The number of carbonyl (C=O) groups excluding carboxylic acids is 1. The minimum Gasteiger partial charge on any atom is -0.494 e. The number of hydrogen-bond donors (Lipinski definition) is 1. The topological polar surface area (TPSA) is 69.0 Å². The maximum Gasteiger partial charge on any atom is 0.417 e. The summed E-state index contributed by atoms with van der Waals surface area (Å²) < 4.78 is 45.4. The predicted octanol–water partition coefficient (Wildman–Crippen LogP) is 5.45. The first-order valence-electron chi connectivity index (χ1n) is 9.86. The van der Waals surface area contributed by atoms with Crippen LogP contribution in [0.5, 0.6) is 5.75 Å². The van der Waals surface area contributed by atoms with E-state index in [0.29, 0.717) is 29.3 Å². The highest BCUT2D eigenvalue weighted by molar-refractivity contribution is 6.05. The molecule has 9 heteroatoms. The van der Waals surface area contributed by atoms with Crippen LogP contribution in [0.25, 0.3) is 5.82 Å². The number of amides is 1. The van der Waals surface area contributed by atoms with E-state index in [0.717, 1.165) is 18.7 Å². The van der Waals surface area contributed by atoms with Crippen LogP contribution in [0.3, 0.4) is 0 Å². The molecule has 1 aromatic carbocycles. The first-order chi connectivity index (χ1) is 14.7. The Morgan fingerprint density at radius 1 is 1.19 bits per heavy atom. The van der Waals surface area contributed by atoms with Gasteiger partial charge in [0.2, 0.25) is 0 Å². The van der Waals surface area contributed by atoms with Crippen LogP contribution in [-0.2, 0) is 6.18 Å². The molecule has 0 aliphatic carbocycles. The number of halogens is 3. The van der Waals surface area contributed by atoms with Crippen molar-refractivity contribution in [1.29, 1.82) is 0 Å². The van der Waals surface area contributed by atoms with E-state index in [1.807, 2.05) is 20.8 Å². The van der Waals surface area contributed by atoms with Gasteiger partial charge in [-0.2, -0.15) is 18.3 Å². The van der Waals surface area contributed by atoms with Gasteiger partial charge in [0.25, 0.3) is 5.91 Å². The molecule has 0 aliphatic rings. The first-order valence-corrected chi connectivity index (χ1v) is 9.86. The largest absolute Gasteiger partial charge is 0.494 e. The number of pyridine rings is 1. The van der Waals surface area contributed by atoms with Gasteiger partial charge in [-0.15, -0.1) is 0 Å². The monoisotopic (exact) mass is 432 g/mol. The second-order valence-electron chi connectivity index (χ2n) is 7.24. The van der Waals surface area contributed by atoms with Crippen LogP contribution < -0.4 is 10.1 Å². The molecular weight excluding hydrogens is 409 g/mol. The summed E-state index contributed by atoms with van der Waals surface area (Å²) >= 11 is 0. The lowest BCUT2D eigenvalue weighted by molar-refractivity contribution is -0.137. The first kappa shape index (κ1) is 22.3. The average molecular weight is 432 g/mol. The normalized spacial score (nSPS) is 11.6. The van der Waals surface area contributed by atoms with Gasteiger partial charge in [0, 0.05) is 18.0 Å². The van der Waals surface area contributed by atoms with Gasteiger partial charge in [0.1, 0.15) is 5.75 Å². The quantitative estimate of drug-likeness (QED) is 0.539. The highest BCUT2D eigenvalue weighted by Gasteiger charge is 2.31. The molecule has 0 aliphatic heterocycles. The summed E-state index contributed by atoms with van der Waals surface area (Å²) in [5.41, 5.74) is 0.575. The molecular formula is C22H23F3N4O2. The molecule has 31 heavy (non-hydrogen) atoms. The Bertz CT molecular complexity index is 1040. The minimum absolute atomic E-state index is 0.133. The molecule has 3 aromatic rings. The lowest BCUT2D eigenvalue weighted by Gasteiger charge is -2.13. The molecule has 2 aromatic heterocycles. The number of ether oxygens (including phenoxy) is 1. The fraction of sp³-hybridized carbons (Fsp3) is 0.318. The van der Waals surface area contributed by atoms with Gasteiger partial charge in [0.05, 0.1) is 29.6 Å². The van der Waals surface area contributed by atoms with Crippen LogP contribution in [-0.4, -0.2) is 27.3 Å². The molecule has 0 atom stereocenters. The van der Waals surface area contributed by atoms with Crippen LogP contribution in [0, 0.1) is 0 Å². The second kappa shape index (κ2) is 9.20. The minimum atomic E-state index is -4.48. The van der Waals surface area contributed by atoms with E-state index < -0.39 is 11.7 Å². The summed E-state index contributed by atoms with van der Waals surface area (Å²) in [7, 11) is 0. The van der Waals surface area contributed by atoms with E-state index in [4.69, 9.17) is 4.74 Å². The van der Waals surface area contributed by atoms with Crippen LogP contribution in [0.2, 0.25) is 0 Å². The molecule has 164 valence electrons. The van der Waals surface area contributed by atoms with Gasteiger partial charge < -0.3 is 10.1 Å². The Kier molecular flexibility index (Phi) is 6.62. The molecule has 0 spiro atoms. The molecule has 3 rings (SSSR count). The number of benzene rings is 1. The number of aromatic nitrogens is 3. The van der Waals surface area contributed by atoms with Crippen molar-refractivity contribution in [3.63, 3.8) is 0 Å². The van der Waals surface area contributed by atoms with Gasteiger partial charge in [-0.05, 0) is 36.6 Å². The van der Waals surface area contributed by atoms with Gasteiger partial charge in [-0.25, -0.2) is 9.67 Å². The average Bonchev–Trinajstić information content (AvgIpc) is 3.18. The third-order valence-electron chi connectivity index (χ3n) is 4.45. The third kappa shape index (κ3) is 5.22. The van der Waals surface area contributed by atoms with Gasteiger partial charge in [-0.3, -0.25) is 4.79 Å². The number of hydrogen-bond acceptors (Lipinski definition) is 4. The van der Waals surface area contributed by atoms with Crippen molar-refractivity contribution in [2.75, 3.05) is 11.9 Å². The number of anilines is 1. The number of rotatable bonds is 7. The zero-order chi connectivity index (χ0) is 22.6. The lowest BCUT2D eigenvalue weighted by Crippen LogP contribution is -2.16. The molecule has 0 radical (unpaired) electrons. The Balaban J connectivity index is 1.87. The maximum atomic E-state index is 12.9. The fourth-order valence-corrected chi connectivity index (χ4v) is 3.03. The van der Waals surface area contributed by atoms with Crippen molar-refractivity contribution in [2.45, 2.75) is 39.3 Å². The fourth-order valence-electron chi connectivity index (χ4n) is 3.03. The number of nitrogens with zero attached hydrogens (tertiary/aromatic N) is 3. The molecule has 1 amide bonds. The van der Waals surface area contributed by atoms with Crippen molar-refractivity contribution >= 4 is 11.6 Å². The molecule has 2 heterocycles. The van der Waals surface area contributed by atoms with Crippen LogP contribution in [0.1, 0.15) is 54.7 Å². The van der Waals surface area contributed by atoms with Gasteiger partial charge >= 0.3 is 6.18 Å². The van der Waals surface area contributed by atoms with Crippen LogP contribution in [0.15, 0.2) is 48.8 Å². The Morgan fingerprint density at radius 2 is 1.97 bits per heavy atom. The summed E-state index contributed by atoms with van der Waals surface area (Å²) in [4.78, 5) is 16.8. The van der Waals surface area contributed by atoms with E-state index in [-0.39, 0.29) is 17.6 Å². The molecule has 6 nitrogen and oxygen atoms in total. The van der Waals surface area contributed by atoms with Crippen molar-refractivity contribution in [3.8, 4) is 11.6 Å². The van der Waals surface area contributed by atoms with Crippen molar-refractivity contribution in [1.82, 2.24) is 14.8 Å². The molecule has 0 saturated heterocycles. The smallest absolute Gasteiger partial charge is 0.417 e. The van der Waals surface area contributed by atoms with E-state index >= 15 is 0 Å². The summed E-state index contributed by atoms with van der Waals surface area (Å²) in [5.74, 6) is 0.333. The summed E-state index contributed by atoms with van der Waals surface area (Å²) in [5, 5.41) is 7.03. The lowest BCUT2D eigenvalue weighted by atomic mass is 10.1. The highest BCUT2D eigenvalue weighted by atomic mass is 19.4. The molecule has 0 saturated carbocycles. The highest BCUT2D eigenvalue weighted by Crippen LogP contribution is 2.30. The second-order valence-corrected chi connectivity index (χ2v) is 7.24. The summed E-state index contributed by atoms with van der Waals surface area (Å²) in [6.45, 7) is 6.31. The molecule has 1 N–H and O–H groups in total. The van der Waals surface area contributed by atoms with E-state index in [1.54, 1.807) is 24.3 Å². The Labute approximate surface area is 178 Å². The van der Waals surface area contributed by atoms with Crippen molar-refractivity contribution < 1.29 is 22.7 Å². The molecule has 0 fully saturated rings. The maximum absolute atomic E-state index is 12.9. The summed E-state index contributed by atoms with van der Waals surface area (Å²) in [6, 6.07) is 9.23. The van der Waals surface area contributed by atoms with Crippen LogP contribution in [0.4, 0.5) is 18.9 Å². The van der Waals surface area contributed by atoms with E-state index in [9.17, 15) is 18.0 Å². The molecule has 0 bridgehead atoms. The standard InChI is InChI=1S/C22H23F3N4O2/c1-4-10-31-17-7-5-6-16(11-17)28-21(30)18-13-27-29(20(18)14(2)3)19-9-8-15(12-26-19)22(23,24)25/h5-9,11-14H,4,10H2,1-3H3,(H,28,30). The van der Waals surface area contributed by atoms with Crippen LogP contribution >= 0.6 is 0 Å². The predicted molar refractivity (Wildman–Crippen MR) is 111 cm³/mol. The SMILES string of the molecule is CCCOc1cccc(NC(=O)c2cnn(-c3ccc(C(F)(F)F)cn3)c2C(C)C)c1. The number of alkyl halides is 3. The molecule has 0 unspecified atom stereocenters. The zero-order valence-corrected chi connectivity index (χ0v) is 17.4.